The van der Waals surface area contributed by atoms with Crippen LogP contribution in [0.2, 0.25) is 0 Å². The maximum absolute atomic E-state index is 12.1. The van der Waals surface area contributed by atoms with E-state index in [1.165, 1.54) is 12.8 Å². The maximum atomic E-state index is 12.1. The second kappa shape index (κ2) is 8.34. The Morgan fingerprint density at radius 3 is 2.88 bits per heavy atom. The lowest BCUT2D eigenvalue weighted by molar-refractivity contribution is -0.123. The lowest BCUT2D eigenvalue weighted by Crippen LogP contribution is -2.43. The lowest BCUT2D eigenvalue weighted by Gasteiger charge is -2.26. The van der Waals surface area contributed by atoms with Gasteiger partial charge in [0.15, 0.2) is 6.61 Å². The third-order valence-electron chi connectivity index (χ3n) is 5.01. The SMILES string of the molecule is CC[C@H](CNC(=O)COc1ccc2c(c1)CCC(=O)N2)N1CCCC1. The number of fused-ring (bicyclic) bond motifs is 1. The van der Waals surface area contributed by atoms with Crippen LogP contribution in [0.3, 0.4) is 0 Å². The molecule has 0 unspecified atom stereocenters. The van der Waals surface area contributed by atoms with Gasteiger partial charge in [-0.3, -0.25) is 14.5 Å². The van der Waals surface area contributed by atoms with E-state index in [0.29, 0.717) is 31.2 Å². The van der Waals surface area contributed by atoms with E-state index in [1.807, 2.05) is 12.1 Å². The summed E-state index contributed by atoms with van der Waals surface area (Å²) in [5.41, 5.74) is 1.89. The van der Waals surface area contributed by atoms with E-state index in [0.717, 1.165) is 30.8 Å². The van der Waals surface area contributed by atoms with Crippen LogP contribution in [-0.4, -0.2) is 49.0 Å². The minimum absolute atomic E-state index is 0.0155. The highest BCUT2D eigenvalue weighted by Crippen LogP contribution is 2.26. The van der Waals surface area contributed by atoms with Gasteiger partial charge in [0.1, 0.15) is 5.75 Å². The Morgan fingerprint density at radius 2 is 2.12 bits per heavy atom. The molecule has 6 heteroatoms. The number of ether oxygens (including phenoxy) is 1. The molecule has 1 saturated heterocycles. The van der Waals surface area contributed by atoms with Crippen molar-refractivity contribution in [3.05, 3.63) is 23.8 Å². The summed E-state index contributed by atoms with van der Waals surface area (Å²) in [5, 5.41) is 5.83. The molecule has 0 saturated carbocycles. The summed E-state index contributed by atoms with van der Waals surface area (Å²) < 4.78 is 5.61. The highest BCUT2D eigenvalue weighted by atomic mass is 16.5. The Morgan fingerprint density at radius 1 is 1.32 bits per heavy atom. The first-order valence-electron chi connectivity index (χ1n) is 9.22. The molecule has 1 aromatic carbocycles. The highest BCUT2D eigenvalue weighted by molar-refractivity contribution is 5.94. The average molecular weight is 345 g/mol. The van der Waals surface area contributed by atoms with E-state index in [2.05, 4.69) is 22.5 Å². The van der Waals surface area contributed by atoms with Gasteiger partial charge in [-0.05, 0) is 62.5 Å². The van der Waals surface area contributed by atoms with Crippen LogP contribution in [0, 0.1) is 0 Å². The molecule has 2 aliphatic rings. The quantitative estimate of drug-likeness (QED) is 0.792. The van der Waals surface area contributed by atoms with E-state index in [9.17, 15) is 9.59 Å². The molecule has 136 valence electrons. The van der Waals surface area contributed by atoms with Gasteiger partial charge in [0.25, 0.3) is 5.91 Å². The third kappa shape index (κ3) is 4.72. The number of carbonyl (C=O) groups is 2. The lowest BCUT2D eigenvalue weighted by atomic mass is 10.0. The summed E-state index contributed by atoms with van der Waals surface area (Å²) in [6, 6.07) is 5.94. The molecule has 6 nitrogen and oxygen atoms in total. The molecule has 1 atom stereocenters. The van der Waals surface area contributed by atoms with E-state index >= 15 is 0 Å². The normalized spacial score (nSPS) is 18.4. The third-order valence-corrected chi connectivity index (χ3v) is 5.01. The van der Waals surface area contributed by atoms with Crippen LogP contribution in [0.25, 0.3) is 0 Å². The fourth-order valence-corrected chi connectivity index (χ4v) is 3.52. The molecule has 0 spiro atoms. The van der Waals surface area contributed by atoms with Gasteiger partial charge in [-0.1, -0.05) is 6.92 Å². The predicted octanol–water partition coefficient (Wildman–Crippen LogP) is 1.94. The van der Waals surface area contributed by atoms with Crippen molar-refractivity contribution in [3.63, 3.8) is 0 Å². The number of hydrogen-bond donors (Lipinski definition) is 2. The largest absolute Gasteiger partial charge is 0.484 e. The van der Waals surface area contributed by atoms with Crippen LogP contribution < -0.4 is 15.4 Å². The van der Waals surface area contributed by atoms with E-state index in [1.54, 1.807) is 6.07 Å². The molecule has 0 bridgehead atoms. The Kier molecular flexibility index (Phi) is 5.91. The van der Waals surface area contributed by atoms with Gasteiger partial charge in [-0.2, -0.15) is 0 Å². The van der Waals surface area contributed by atoms with Gasteiger partial charge in [-0.15, -0.1) is 0 Å². The van der Waals surface area contributed by atoms with Gasteiger partial charge in [0.2, 0.25) is 5.91 Å². The number of carbonyl (C=O) groups excluding carboxylic acids is 2. The number of benzene rings is 1. The summed E-state index contributed by atoms with van der Waals surface area (Å²) in [5.74, 6) is 0.615. The molecule has 1 fully saturated rings. The molecule has 0 radical (unpaired) electrons. The minimum atomic E-state index is -0.0938. The number of rotatable bonds is 7. The van der Waals surface area contributed by atoms with Crippen molar-refractivity contribution in [2.24, 2.45) is 0 Å². The monoisotopic (exact) mass is 345 g/mol. The molecular formula is C19H27N3O3. The topological polar surface area (TPSA) is 70.7 Å². The smallest absolute Gasteiger partial charge is 0.257 e. The van der Waals surface area contributed by atoms with Crippen molar-refractivity contribution < 1.29 is 14.3 Å². The van der Waals surface area contributed by atoms with E-state index < -0.39 is 0 Å². The van der Waals surface area contributed by atoms with Crippen molar-refractivity contribution in [1.82, 2.24) is 10.2 Å². The number of anilines is 1. The first kappa shape index (κ1) is 17.7. The van der Waals surface area contributed by atoms with Crippen LogP contribution in [-0.2, 0) is 16.0 Å². The highest BCUT2D eigenvalue weighted by Gasteiger charge is 2.21. The van der Waals surface area contributed by atoms with Gasteiger partial charge in [-0.25, -0.2) is 0 Å². The molecule has 3 rings (SSSR count). The van der Waals surface area contributed by atoms with Crippen molar-refractivity contribution in [3.8, 4) is 5.75 Å². The maximum Gasteiger partial charge on any atom is 0.257 e. The fraction of sp³-hybridized carbons (Fsp3) is 0.579. The molecule has 0 aliphatic carbocycles. The molecule has 2 amide bonds. The molecule has 2 heterocycles. The summed E-state index contributed by atoms with van der Waals surface area (Å²) in [4.78, 5) is 25.9. The number of likely N-dealkylation sites (tertiary alicyclic amines) is 1. The summed E-state index contributed by atoms with van der Waals surface area (Å²) in [6.07, 6.45) is 4.75. The summed E-state index contributed by atoms with van der Waals surface area (Å²) in [7, 11) is 0. The number of aryl methyl sites for hydroxylation is 1. The Hall–Kier alpha value is -2.08. The molecule has 25 heavy (non-hydrogen) atoms. The van der Waals surface area contributed by atoms with Crippen molar-refractivity contribution in [1.29, 1.82) is 0 Å². The number of hydrogen-bond acceptors (Lipinski definition) is 4. The van der Waals surface area contributed by atoms with Crippen LogP contribution in [0.4, 0.5) is 5.69 Å². The minimum Gasteiger partial charge on any atom is -0.484 e. The van der Waals surface area contributed by atoms with Gasteiger partial charge in [0.05, 0.1) is 0 Å². The van der Waals surface area contributed by atoms with Gasteiger partial charge in [0, 0.05) is 24.7 Å². The standard InChI is InChI=1S/C19H27N3O3/c1-2-15(22-9-3-4-10-22)12-20-19(24)13-25-16-6-7-17-14(11-16)5-8-18(23)21-17/h6-7,11,15H,2-5,8-10,12-13H2,1H3,(H,20,24)(H,21,23)/t15-/m1/s1. The zero-order chi connectivity index (χ0) is 17.6. The Labute approximate surface area is 148 Å². The first-order chi connectivity index (χ1) is 12.2. The number of amides is 2. The van der Waals surface area contributed by atoms with E-state index in [4.69, 9.17) is 4.74 Å². The summed E-state index contributed by atoms with van der Waals surface area (Å²) >= 11 is 0. The molecule has 2 N–H and O–H groups in total. The van der Waals surface area contributed by atoms with Crippen LogP contribution in [0.1, 0.15) is 38.2 Å². The van der Waals surface area contributed by atoms with Crippen LogP contribution in [0.15, 0.2) is 18.2 Å². The van der Waals surface area contributed by atoms with E-state index in [-0.39, 0.29) is 18.4 Å². The zero-order valence-electron chi connectivity index (χ0n) is 14.8. The Bertz CT molecular complexity index is 626. The van der Waals surface area contributed by atoms with Crippen molar-refractivity contribution in [2.45, 2.75) is 45.1 Å². The van der Waals surface area contributed by atoms with Crippen LogP contribution in [0.5, 0.6) is 5.75 Å². The number of nitrogens with one attached hydrogen (secondary N) is 2. The van der Waals surface area contributed by atoms with Crippen molar-refractivity contribution >= 4 is 17.5 Å². The van der Waals surface area contributed by atoms with Crippen molar-refractivity contribution in [2.75, 3.05) is 31.6 Å². The molecule has 0 aromatic heterocycles. The molecule has 1 aromatic rings. The predicted molar refractivity (Wildman–Crippen MR) is 96.8 cm³/mol. The zero-order valence-corrected chi connectivity index (χ0v) is 14.8. The molecular weight excluding hydrogens is 318 g/mol. The Balaban J connectivity index is 1.45. The fourth-order valence-electron chi connectivity index (χ4n) is 3.52. The average Bonchev–Trinajstić information content (AvgIpc) is 3.15. The number of nitrogens with zero attached hydrogens (tertiary/aromatic N) is 1. The van der Waals surface area contributed by atoms with Gasteiger partial charge >= 0.3 is 0 Å². The summed E-state index contributed by atoms with van der Waals surface area (Å²) in [6.45, 7) is 5.13. The second-order valence-electron chi connectivity index (χ2n) is 6.77. The first-order valence-corrected chi connectivity index (χ1v) is 9.22. The van der Waals surface area contributed by atoms with Crippen LogP contribution >= 0.6 is 0 Å². The van der Waals surface area contributed by atoms with Gasteiger partial charge < -0.3 is 15.4 Å². The molecule has 2 aliphatic heterocycles. The second-order valence-corrected chi connectivity index (χ2v) is 6.77.